The molecule has 0 fully saturated rings. The number of carbonyl (C=O) groups is 2. The Morgan fingerprint density at radius 3 is 2.63 bits per heavy atom. The molecule has 0 unspecified atom stereocenters. The minimum Gasteiger partial charge on any atom is -0.497 e. The molecule has 0 saturated heterocycles. The Hall–Kier alpha value is -3.13. The largest absolute Gasteiger partial charge is 0.497 e. The van der Waals surface area contributed by atoms with Crippen molar-refractivity contribution in [2.45, 2.75) is 6.54 Å². The van der Waals surface area contributed by atoms with Crippen LogP contribution >= 0.6 is 11.3 Å². The van der Waals surface area contributed by atoms with Crippen molar-refractivity contribution in [1.82, 2.24) is 4.57 Å². The third kappa shape index (κ3) is 4.53. The number of hydrogen-bond acceptors (Lipinski definition) is 6. The molecule has 0 bridgehead atoms. The van der Waals surface area contributed by atoms with Gasteiger partial charge < -0.3 is 18.8 Å². The molecule has 2 aromatic carbocycles. The molecule has 0 spiro atoms. The fraction of sp³-hybridized carbons (Fsp3) is 0.211. The number of amides is 1. The molecule has 1 heterocycles. The maximum Gasteiger partial charge on any atom is 0.325 e. The quantitative estimate of drug-likeness (QED) is 0.608. The molecular formula is C19H18N2O5S. The average Bonchev–Trinajstić information content (AvgIpc) is 3.03. The number of para-hydroxylation sites is 1. The van der Waals surface area contributed by atoms with Crippen molar-refractivity contribution in [2.24, 2.45) is 4.99 Å². The predicted octanol–water partition coefficient (Wildman–Crippen LogP) is 2.39. The minimum absolute atomic E-state index is 0.0244. The van der Waals surface area contributed by atoms with Crippen LogP contribution in [0.15, 0.2) is 53.5 Å². The van der Waals surface area contributed by atoms with Gasteiger partial charge in [-0.05, 0) is 24.3 Å². The van der Waals surface area contributed by atoms with Crippen LogP contribution in [0.2, 0.25) is 0 Å². The number of nitrogens with zero attached hydrogens (tertiary/aromatic N) is 2. The van der Waals surface area contributed by atoms with Gasteiger partial charge in [-0.15, -0.1) is 0 Å². The molecule has 1 aromatic heterocycles. The minimum atomic E-state index is -0.456. The van der Waals surface area contributed by atoms with Gasteiger partial charge in [0, 0.05) is 6.07 Å². The van der Waals surface area contributed by atoms with Crippen molar-refractivity contribution >= 4 is 33.4 Å². The summed E-state index contributed by atoms with van der Waals surface area (Å²) < 4.78 is 17.9. The maximum atomic E-state index is 12.3. The van der Waals surface area contributed by atoms with Crippen LogP contribution in [-0.2, 0) is 20.9 Å². The number of benzene rings is 2. The second-order valence-corrected chi connectivity index (χ2v) is 6.50. The zero-order chi connectivity index (χ0) is 19.2. The Labute approximate surface area is 159 Å². The molecule has 0 aliphatic carbocycles. The van der Waals surface area contributed by atoms with E-state index in [1.165, 1.54) is 18.4 Å². The monoisotopic (exact) mass is 386 g/mol. The van der Waals surface area contributed by atoms with Crippen molar-refractivity contribution in [3.05, 3.63) is 53.3 Å². The fourth-order valence-corrected chi connectivity index (χ4v) is 3.47. The number of aromatic nitrogens is 1. The summed E-state index contributed by atoms with van der Waals surface area (Å²) in [6.45, 7) is -0.247. The second kappa shape index (κ2) is 8.50. The van der Waals surface area contributed by atoms with Crippen LogP contribution in [0.25, 0.3) is 10.2 Å². The van der Waals surface area contributed by atoms with E-state index in [0.29, 0.717) is 16.3 Å². The highest BCUT2D eigenvalue weighted by atomic mass is 32.1. The number of hydrogen-bond donors (Lipinski definition) is 0. The van der Waals surface area contributed by atoms with Gasteiger partial charge in [0.25, 0.3) is 5.91 Å². The first-order valence-corrected chi connectivity index (χ1v) is 8.92. The molecule has 140 valence electrons. The standard InChI is InChI=1S/C19H18N2O5S/c1-24-13-6-5-7-14(10-13)26-12-17(22)20-19-21(11-18(23)25-2)15-8-3-4-9-16(15)27-19/h3-10H,11-12H2,1-2H3. The molecule has 0 N–H and O–H groups in total. The molecule has 3 rings (SSSR count). The molecule has 1 amide bonds. The van der Waals surface area contributed by atoms with Crippen LogP contribution in [0.4, 0.5) is 0 Å². The van der Waals surface area contributed by atoms with Crippen molar-refractivity contribution in [3.8, 4) is 11.5 Å². The number of carbonyl (C=O) groups excluding carboxylic acids is 2. The summed E-state index contributed by atoms with van der Waals surface area (Å²) in [4.78, 5) is 28.5. The van der Waals surface area contributed by atoms with Crippen molar-refractivity contribution in [2.75, 3.05) is 20.8 Å². The topological polar surface area (TPSA) is 79.1 Å². The van der Waals surface area contributed by atoms with E-state index in [9.17, 15) is 9.59 Å². The average molecular weight is 386 g/mol. The lowest BCUT2D eigenvalue weighted by atomic mass is 10.3. The summed E-state index contributed by atoms with van der Waals surface area (Å²) in [6.07, 6.45) is 0. The molecule has 27 heavy (non-hydrogen) atoms. The lowest BCUT2D eigenvalue weighted by Crippen LogP contribution is -2.23. The van der Waals surface area contributed by atoms with E-state index in [1.54, 1.807) is 35.9 Å². The smallest absolute Gasteiger partial charge is 0.325 e. The molecule has 8 heteroatoms. The van der Waals surface area contributed by atoms with Gasteiger partial charge in [0.05, 0.1) is 24.4 Å². The zero-order valence-corrected chi connectivity index (χ0v) is 15.7. The van der Waals surface area contributed by atoms with Gasteiger partial charge in [-0.3, -0.25) is 9.59 Å². The Bertz CT molecular complexity index is 1040. The number of fused-ring (bicyclic) bond motifs is 1. The Morgan fingerprint density at radius 2 is 1.85 bits per heavy atom. The summed E-state index contributed by atoms with van der Waals surface area (Å²) in [5.41, 5.74) is 0.813. The van der Waals surface area contributed by atoms with Crippen LogP contribution in [0.1, 0.15) is 0 Å². The predicted molar refractivity (Wildman–Crippen MR) is 101 cm³/mol. The number of thiazole rings is 1. The summed E-state index contributed by atoms with van der Waals surface area (Å²) >= 11 is 1.32. The highest BCUT2D eigenvalue weighted by Gasteiger charge is 2.11. The number of rotatable bonds is 6. The van der Waals surface area contributed by atoms with Crippen LogP contribution in [0.3, 0.4) is 0 Å². The van der Waals surface area contributed by atoms with Crippen LogP contribution < -0.4 is 14.3 Å². The first-order valence-electron chi connectivity index (χ1n) is 8.10. The Balaban J connectivity index is 1.84. The van der Waals surface area contributed by atoms with Crippen LogP contribution in [-0.4, -0.2) is 37.3 Å². The Morgan fingerprint density at radius 1 is 1.07 bits per heavy atom. The normalized spacial score (nSPS) is 11.4. The summed E-state index contributed by atoms with van der Waals surface area (Å²) in [6, 6.07) is 14.5. The molecule has 0 saturated carbocycles. The van der Waals surface area contributed by atoms with E-state index in [1.807, 2.05) is 24.3 Å². The van der Waals surface area contributed by atoms with Crippen LogP contribution in [0, 0.1) is 0 Å². The molecule has 3 aromatic rings. The molecule has 7 nitrogen and oxygen atoms in total. The maximum absolute atomic E-state index is 12.3. The molecular weight excluding hydrogens is 368 g/mol. The molecule has 0 radical (unpaired) electrons. The van der Waals surface area contributed by atoms with Crippen molar-refractivity contribution in [1.29, 1.82) is 0 Å². The zero-order valence-electron chi connectivity index (χ0n) is 14.9. The van der Waals surface area contributed by atoms with Gasteiger partial charge in [-0.1, -0.05) is 29.5 Å². The van der Waals surface area contributed by atoms with Crippen LogP contribution in [0.5, 0.6) is 11.5 Å². The molecule has 0 aliphatic heterocycles. The SMILES string of the molecule is COC(=O)Cn1c(=NC(=O)COc2cccc(OC)c2)sc2ccccc21. The molecule has 0 aliphatic rings. The van der Waals surface area contributed by atoms with Gasteiger partial charge in [-0.25, -0.2) is 0 Å². The van der Waals surface area contributed by atoms with Gasteiger partial charge in [0.15, 0.2) is 11.4 Å². The van der Waals surface area contributed by atoms with E-state index in [4.69, 9.17) is 14.2 Å². The van der Waals surface area contributed by atoms with E-state index < -0.39 is 11.9 Å². The van der Waals surface area contributed by atoms with E-state index in [-0.39, 0.29) is 13.2 Å². The number of ether oxygens (including phenoxy) is 3. The van der Waals surface area contributed by atoms with Crippen molar-refractivity contribution < 1.29 is 23.8 Å². The highest BCUT2D eigenvalue weighted by Crippen LogP contribution is 2.19. The van der Waals surface area contributed by atoms with Crippen molar-refractivity contribution in [3.63, 3.8) is 0 Å². The van der Waals surface area contributed by atoms with E-state index in [0.717, 1.165) is 10.2 Å². The third-order valence-electron chi connectivity index (χ3n) is 3.73. The summed E-state index contributed by atoms with van der Waals surface area (Å²) in [5, 5.41) is 0. The summed E-state index contributed by atoms with van der Waals surface area (Å²) in [5.74, 6) is 0.275. The number of esters is 1. The van der Waals surface area contributed by atoms with Gasteiger partial charge in [0.1, 0.15) is 18.0 Å². The highest BCUT2D eigenvalue weighted by molar-refractivity contribution is 7.16. The first kappa shape index (κ1) is 18.7. The third-order valence-corrected chi connectivity index (χ3v) is 4.79. The van der Waals surface area contributed by atoms with Gasteiger partial charge >= 0.3 is 5.97 Å². The lowest BCUT2D eigenvalue weighted by Gasteiger charge is -2.05. The number of methoxy groups -OCH3 is 2. The fourth-order valence-electron chi connectivity index (χ4n) is 2.43. The summed E-state index contributed by atoms with van der Waals surface area (Å²) in [7, 11) is 2.88. The van der Waals surface area contributed by atoms with Gasteiger partial charge in [-0.2, -0.15) is 4.99 Å². The van der Waals surface area contributed by atoms with E-state index >= 15 is 0 Å². The molecule has 0 atom stereocenters. The second-order valence-electron chi connectivity index (χ2n) is 5.49. The lowest BCUT2D eigenvalue weighted by molar-refractivity contribution is -0.141. The van der Waals surface area contributed by atoms with Gasteiger partial charge in [0.2, 0.25) is 0 Å². The first-order chi connectivity index (χ1) is 13.1. The Kier molecular flexibility index (Phi) is 5.87. The van der Waals surface area contributed by atoms with E-state index in [2.05, 4.69) is 4.99 Å².